The first-order valence-corrected chi connectivity index (χ1v) is 10.5. The van der Waals surface area contributed by atoms with Gasteiger partial charge in [0.25, 0.3) is 0 Å². The van der Waals surface area contributed by atoms with E-state index < -0.39 is 5.92 Å². The number of fused-ring (bicyclic) bond motifs is 2. The predicted molar refractivity (Wildman–Crippen MR) is 119 cm³/mol. The second kappa shape index (κ2) is 8.19. The molecule has 0 spiro atoms. The van der Waals surface area contributed by atoms with Crippen molar-refractivity contribution < 1.29 is 18.9 Å². The van der Waals surface area contributed by atoms with Crippen molar-refractivity contribution in [1.29, 1.82) is 5.26 Å². The Morgan fingerprint density at radius 1 is 1.00 bits per heavy atom. The Hall–Kier alpha value is -3.53. The van der Waals surface area contributed by atoms with Crippen LogP contribution in [0.25, 0.3) is 0 Å². The summed E-state index contributed by atoms with van der Waals surface area (Å²) < 4.78 is 22.9. The molecule has 0 bridgehead atoms. The number of allylic oxidation sites excluding steroid dienone is 1. The molecule has 3 aromatic rings. The SMILES string of the molecule is N#CC1=C(N)Oc2cc3c(cc2[C@H]1c1ccccc1OCc1ccc(Cl)cc1Cl)OCO3. The average molecular weight is 467 g/mol. The summed E-state index contributed by atoms with van der Waals surface area (Å²) in [6.45, 7) is 0.351. The van der Waals surface area contributed by atoms with Crippen molar-refractivity contribution in [1.82, 2.24) is 0 Å². The van der Waals surface area contributed by atoms with Crippen molar-refractivity contribution in [2.24, 2.45) is 5.73 Å². The molecule has 8 heteroatoms. The minimum Gasteiger partial charge on any atom is -0.489 e. The lowest BCUT2D eigenvalue weighted by atomic mass is 9.83. The summed E-state index contributed by atoms with van der Waals surface area (Å²) in [5, 5.41) is 10.9. The summed E-state index contributed by atoms with van der Waals surface area (Å²) >= 11 is 12.3. The van der Waals surface area contributed by atoms with E-state index in [4.69, 9.17) is 47.9 Å². The van der Waals surface area contributed by atoms with Crippen molar-refractivity contribution in [3.05, 3.63) is 92.8 Å². The van der Waals surface area contributed by atoms with E-state index in [1.807, 2.05) is 36.4 Å². The predicted octanol–water partition coefficient (Wildman–Crippen LogP) is 5.52. The fourth-order valence-corrected chi connectivity index (χ4v) is 4.27. The average Bonchev–Trinajstić information content (AvgIpc) is 3.24. The lowest BCUT2D eigenvalue weighted by Gasteiger charge is -2.28. The molecule has 160 valence electrons. The Bertz CT molecular complexity index is 1300. The summed E-state index contributed by atoms with van der Waals surface area (Å²) in [7, 11) is 0. The quantitative estimate of drug-likeness (QED) is 0.544. The lowest BCUT2D eigenvalue weighted by molar-refractivity contribution is 0.174. The molecule has 0 aromatic heterocycles. The van der Waals surface area contributed by atoms with Crippen molar-refractivity contribution >= 4 is 23.2 Å². The van der Waals surface area contributed by atoms with Crippen LogP contribution in [0, 0.1) is 11.3 Å². The second-order valence-electron chi connectivity index (χ2n) is 7.23. The first-order chi connectivity index (χ1) is 15.5. The number of hydrogen-bond donors (Lipinski definition) is 1. The highest BCUT2D eigenvalue weighted by Gasteiger charge is 2.34. The molecule has 2 heterocycles. The molecule has 6 nitrogen and oxygen atoms in total. The van der Waals surface area contributed by atoms with Crippen molar-refractivity contribution in [3.63, 3.8) is 0 Å². The highest BCUT2D eigenvalue weighted by atomic mass is 35.5. The number of ether oxygens (including phenoxy) is 4. The maximum Gasteiger partial charge on any atom is 0.231 e. The van der Waals surface area contributed by atoms with Gasteiger partial charge in [-0.3, -0.25) is 0 Å². The third kappa shape index (κ3) is 3.56. The molecule has 2 aliphatic rings. The van der Waals surface area contributed by atoms with Gasteiger partial charge in [-0.05, 0) is 24.3 Å². The first kappa shape index (κ1) is 20.4. The number of benzene rings is 3. The minimum absolute atomic E-state index is 0.0411. The van der Waals surface area contributed by atoms with Crippen LogP contribution >= 0.6 is 23.2 Å². The highest BCUT2D eigenvalue weighted by molar-refractivity contribution is 6.35. The Kier molecular flexibility index (Phi) is 5.22. The number of rotatable bonds is 4. The van der Waals surface area contributed by atoms with Gasteiger partial charge in [0.1, 0.15) is 29.7 Å². The van der Waals surface area contributed by atoms with Gasteiger partial charge in [-0.25, -0.2) is 0 Å². The second-order valence-corrected chi connectivity index (χ2v) is 8.07. The standard InChI is InChI=1S/C24H16Cl2N2O4/c25-14-6-5-13(18(26)7-14)11-29-19-4-2-1-3-15(19)23-16-8-21-22(31-12-30-21)9-20(16)32-24(28)17(23)10-27/h1-9,23H,11-12,28H2/t23-/m1/s1. The van der Waals surface area contributed by atoms with Crippen LogP contribution in [0.4, 0.5) is 0 Å². The van der Waals surface area contributed by atoms with Crippen LogP contribution < -0.4 is 24.7 Å². The van der Waals surface area contributed by atoms with E-state index in [0.29, 0.717) is 33.0 Å². The van der Waals surface area contributed by atoms with Crippen molar-refractivity contribution in [2.45, 2.75) is 12.5 Å². The first-order valence-electron chi connectivity index (χ1n) is 9.72. The molecule has 32 heavy (non-hydrogen) atoms. The van der Waals surface area contributed by atoms with Crippen LogP contribution in [-0.2, 0) is 6.61 Å². The zero-order chi connectivity index (χ0) is 22.2. The van der Waals surface area contributed by atoms with E-state index in [1.54, 1.807) is 18.2 Å². The minimum atomic E-state index is -0.505. The van der Waals surface area contributed by atoms with Crippen LogP contribution in [0.2, 0.25) is 10.0 Å². The summed E-state index contributed by atoms with van der Waals surface area (Å²) in [6.07, 6.45) is 0. The van der Waals surface area contributed by atoms with Crippen molar-refractivity contribution in [3.8, 4) is 29.1 Å². The monoisotopic (exact) mass is 466 g/mol. The molecule has 0 fully saturated rings. The van der Waals surface area contributed by atoms with Crippen LogP contribution in [0.3, 0.4) is 0 Å². The van der Waals surface area contributed by atoms with Gasteiger partial charge in [-0.1, -0.05) is 47.5 Å². The number of nitrogens with two attached hydrogens (primary N) is 1. The summed E-state index contributed by atoms with van der Waals surface area (Å²) in [4.78, 5) is 0. The molecule has 5 rings (SSSR count). The van der Waals surface area contributed by atoms with Gasteiger partial charge >= 0.3 is 0 Å². The Labute approximate surface area is 194 Å². The number of hydrogen-bond acceptors (Lipinski definition) is 6. The number of halogens is 2. The zero-order valence-corrected chi connectivity index (χ0v) is 18.1. The third-order valence-electron chi connectivity index (χ3n) is 5.34. The van der Waals surface area contributed by atoms with Gasteiger partial charge < -0.3 is 24.7 Å². The number of para-hydroxylation sites is 1. The van der Waals surface area contributed by atoms with E-state index in [2.05, 4.69) is 6.07 Å². The molecule has 1 atom stereocenters. The Balaban J connectivity index is 1.56. The van der Waals surface area contributed by atoms with Crippen LogP contribution in [-0.4, -0.2) is 6.79 Å². The van der Waals surface area contributed by atoms with E-state index in [-0.39, 0.29) is 24.9 Å². The largest absolute Gasteiger partial charge is 0.489 e. The summed E-state index contributed by atoms with van der Waals surface area (Å²) in [6, 6.07) is 18.5. The van der Waals surface area contributed by atoms with E-state index >= 15 is 0 Å². The van der Waals surface area contributed by atoms with E-state index in [0.717, 1.165) is 16.7 Å². The van der Waals surface area contributed by atoms with Gasteiger partial charge in [0, 0.05) is 32.8 Å². The summed E-state index contributed by atoms with van der Waals surface area (Å²) in [5.41, 5.74) is 8.70. The van der Waals surface area contributed by atoms with Crippen molar-refractivity contribution in [2.75, 3.05) is 6.79 Å². The smallest absolute Gasteiger partial charge is 0.231 e. The topological polar surface area (TPSA) is 86.7 Å². The number of nitriles is 1. The Morgan fingerprint density at radius 3 is 2.56 bits per heavy atom. The molecule has 0 aliphatic carbocycles. The molecule has 0 saturated carbocycles. The maximum absolute atomic E-state index is 9.88. The van der Waals surface area contributed by atoms with E-state index in [1.165, 1.54) is 0 Å². The van der Waals surface area contributed by atoms with Gasteiger partial charge in [-0.15, -0.1) is 0 Å². The van der Waals surface area contributed by atoms with E-state index in [9.17, 15) is 5.26 Å². The van der Waals surface area contributed by atoms with Gasteiger partial charge in [-0.2, -0.15) is 5.26 Å². The fourth-order valence-electron chi connectivity index (χ4n) is 3.81. The molecule has 2 N–H and O–H groups in total. The van der Waals surface area contributed by atoms with Gasteiger partial charge in [0.15, 0.2) is 11.5 Å². The fraction of sp³-hybridized carbons (Fsp3) is 0.125. The third-order valence-corrected chi connectivity index (χ3v) is 5.93. The molecular formula is C24H16Cl2N2O4. The van der Waals surface area contributed by atoms with Crippen LogP contribution in [0.5, 0.6) is 23.0 Å². The number of nitrogens with zero attached hydrogens (tertiary/aromatic N) is 1. The Morgan fingerprint density at radius 2 is 1.78 bits per heavy atom. The summed E-state index contributed by atoms with van der Waals surface area (Å²) in [5.74, 6) is 1.79. The maximum atomic E-state index is 9.88. The lowest BCUT2D eigenvalue weighted by Crippen LogP contribution is -2.21. The molecule has 0 unspecified atom stereocenters. The highest BCUT2D eigenvalue weighted by Crippen LogP contribution is 2.49. The molecule has 0 amide bonds. The van der Waals surface area contributed by atoms with Crippen LogP contribution in [0.1, 0.15) is 22.6 Å². The van der Waals surface area contributed by atoms with Crippen LogP contribution in [0.15, 0.2) is 66.1 Å². The molecule has 2 aliphatic heterocycles. The normalized spacial score (nSPS) is 16.2. The van der Waals surface area contributed by atoms with Gasteiger partial charge in [0.05, 0.1) is 5.92 Å². The molecule has 3 aromatic carbocycles. The molecular weight excluding hydrogens is 451 g/mol. The molecule has 0 saturated heterocycles. The zero-order valence-electron chi connectivity index (χ0n) is 16.6. The van der Waals surface area contributed by atoms with Gasteiger partial charge in [0.2, 0.25) is 12.7 Å². The molecule has 0 radical (unpaired) electrons.